The second-order valence-electron chi connectivity index (χ2n) is 5.59. The van der Waals surface area contributed by atoms with Crippen LogP contribution in [0, 0.1) is 0 Å². The molecule has 1 rings (SSSR count). The number of amides is 2. The summed E-state index contributed by atoms with van der Waals surface area (Å²) >= 11 is 0. The van der Waals surface area contributed by atoms with E-state index in [9.17, 15) is 9.59 Å². The molecule has 20 heavy (non-hydrogen) atoms. The molecule has 0 spiro atoms. The van der Waals surface area contributed by atoms with E-state index in [1.807, 2.05) is 25.7 Å². The van der Waals surface area contributed by atoms with E-state index in [2.05, 4.69) is 0 Å². The summed E-state index contributed by atoms with van der Waals surface area (Å²) in [5.74, 6) is -0.857. The third-order valence-electron chi connectivity index (χ3n) is 4.19. The van der Waals surface area contributed by atoms with E-state index in [0.29, 0.717) is 19.1 Å². The van der Waals surface area contributed by atoms with Crippen LogP contribution in [-0.2, 0) is 4.79 Å². The maximum Gasteiger partial charge on any atom is 0.320 e. The van der Waals surface area contributed by atoms with Crippen molar-refractivity contribution in [1.29, 1.82) is 0 Å². The third kappa shape index (κ3) is 4.39. The molecular formula is C15H28N2O3. The van der Waals surface area contributed by atoms with Crippen LogP contribution >= 0.6 is 0 Å². The molecule has 0 heterocycles. The monoisotopic (exact) mass is 284 g/mol. The van der Waals surface area contributed by atoms with Crippen molar-refractivity contribution in [3.8, 4) is 0 Å². The zero-order chi connectivity index (χ0) is 15.1. The van der Waals surface area contributed by atoms with Crippen molar-refractivity contribution < 1.29 is 14.7 Å². The molecule has 1 aliphatic carbocycles. The second-order valence-corrected chi connectivity index (χ2v) is 5.59. The summed E-state index contributed by atoms with van der Waals surface area (Å²) in [5.41, 5.74) is 0. The first-order valence-corrected chi connectivity index (χ1v) is 7.80. The lowest BCUT2D eigenvalue weighted by molar-refractivity contribution is -0.138. The Labute approximate surface area is 121 Å². The first kappa shape index (κ1) is 16.8. The number of urea groups is 1. The molecule has 1 N–H and O–H groups in total. The molecule has 1 fully saturated rings. The number of hydrogen-bond acceptors (Lipinski definition) is 2. The Balaban J connectivity index is 2.72. The fourth-order valence-electron chi connectivity index (χ4n) is 3.11. The van der Waals surface area contributed by atoms with Crippen LogP contribution in [0.15, 0.2) is 0 Å². The van der Waals surface area contributed by atoms with E-state index in [0.717, 1.165) is 12.8 Å². The Morgan fingerprint density at radius 2 is 1.75 bits per heavy atom. The molecule has 0 aliphatic heterocycles. The van der Waals surface area contributed by atoms with Gasteiger partial charge in [-0.1, -0.05) is 19.3 Å². The topological polar surface area (TPSA) is 60.9 Å². The molecule has 1 atom stereocenters. The number of rotatable bonds is 6. The van der Waals surface area contributed by atoms with Crippen LogP contribution in [-0.4, -0.2) is 52.1 Å². The maximum absolute atomic E-state index is 12.7. The van der Waals surface area contributed by atoms with Crippen LogP contribution in [0.2, 0.25) is 0 Å². The molecule has 1 saturated carbocycles. The number of nitrogens with zero attached hydrogens (tertiary/aromatic N) is 2. The molecule has 1 unspecified atom stereocenters. The first-order valence-electron chi connectivity index (χ1n) is 7.80. The van der Waals surface area contributed by atoms with Gasteiger partial charge in [-0.3, -0.25) is 4.79 Å². The zero-order valence-corrected chi connectivity index (χ0v) is 13.0. The summed E-state index contributed by atoms with van der Waals surface area (Å²) in [6.45, 7) is 6.97. The molecule has 2 amide bonds. The Bertz CT molecular complexity index is 327. The molecule has 1 aliphatic rings. The number of carbonyl (C=O) groups is 2. The maximum atomic E-state index is 12.7. The molecule has 0 bridgehead atoms. The van der Waals surface area contributed by atoms with Crippen molar-refractivity contribution >= 4 is 12.0 Å². The molecule has 5 heteroatoms. The van der Waals surface area contributed by atoms with Crippen LogP contribution in [0.3, 0.4) is 0 Å². The Kier molecular flexibility index (Phi) is 6.82. The molecule has 5 nitrogen and oxygen atoms in total. The standard InChI is InChI=1S/C15H28N2O3/c1-4-16(12(3)11-14(18)19)15(20)17(5-2)13-9-7-6-8-10-13/h12-13H,4-11H2,1-3H3,(H,18,19). The van der Waals surface area contributed by atoms with Gasteiger partial charge in [-0.25, -0.2) is 4.79 Å². The highest BCUT2D eigenvalue weighted by Crippen LogP contribution is 2.24. The van der Waals surface area contributed by atoms with E-state index >= 15 is 0 Å². The van der Waals surface area contributed by atoms with E-state index < -0.39 is 5.97 Å². The van der Waals surface area contributed by atoms with Gasteiger partial charge in [0.15, 0.2) is 0 Å². The highest BCUT2D eigenvalue weighted by molar-refractivity contribution is 5.76. The van der Waals surface area contributed by atoms with Crippen molar-refractivity contribution in [2.24, 2.45) is 0 Å². The summed E-state index contributed by atoms with van der Waals surface area (Å²) in [6.07, 6.45) is 5.78. The van der Waals surface area contributed by atoms with Gasteiger partial charge in [0.1, 0.15) is 0 Å². The summed E-state index contributed by atoms with van der Waals surface area (Å²) in [4.78, 5) is 27.1. The van der Waals surface area contributed by atoms with Crippen molar-refractivity contribution in [2.75, 3.05) is 13.1 Å². The Morgan fingerprint density at radius 3 is 2.20 bits per heavy atom. The largest absolute Gasteiger partial charge is 0.481 e. The van der Waals surface area contributed by atoms with Crippen LogP contribution in [0.4, 0.5) is 4.79 Å². The van der Waals surface area contributed by atoms with Crippen molar-refractivity contribution in [3.05, 3.63) is 0 Å². The fraction of sp³-hybridized carbons (Fsp3) is 0.867. The van der Waals surface area contributed by atoms with Gasteiger partial charge in [0.05, 0.1) is 6.42 Å². The van der Waals surface area contributed by atoms with Crippen molar-refractivity contribution in [3.63, 3.8) is 0 Å². The van der Waals surface area contributed by atoms with E-state index in [4.69, 9.17) is 5.11 Å². The quantitative estimate of drug-likeness (QED) is 0.815. The smallest absolute Gasteiger partial charge is 0.320 e. The minimum absolute atomic E-state index is 0.00179. The number of carbonyl (C=O) groups excluding carboxylic acids is 1. The van der Waals surface area contributed by atoms with Crippen molar-refractivity contribution in [1.82, 2.24) is 9.80 Å². The van der Waals surface area contributed by atoms with Crippen LogP contribution in [0.25, 0.3) is 0 Å². The lowest BCUT2D eigenvalue weighted by atomic mass is 9.94. The summed E-state index contributed by atoms with van der Waals surface area (Å²) in [5, 5.41) is 8.90. The van der Waals surface area contributed by atoms with E-state index in [1.165, 1.54) is 19.3 Å². The van der Waals surface area contributed by atoms with Gasteiger partial charge in [-0.2, -0.15) is 0 Å². The first-order chi connectivity index (χ1) is 9.51. The van der Waals surface area contributed by atoms with E-state index in [-0.39, 0.29) is 18.5 Å². The highest BCUT2D eigenvalue weighted by atomic mass is 16.4. The molecule has 0 aromatic heterocycles. The highest BCUT2D eigenvalue weighted by Gasteiger charge is 2.29. The molecule has 0 radical (unpaired) electrons. The minimum atomic E-state index is -0.857. The summed E-state index contributed by atoms with van der Waals surface area (Å²) in [7, 11) is 0. The Morgan fingerprint density at radius 1 is 1.15 bits per heavy atom. The number of hydrogen-bond donors (Lipinski definition) is 1. The molecule has 0 aromatic rings. The average Bonchev–Trinajstić information content (AvgIpc) is 2.40. The summed E-state index contributed by atoms with van der Waals surface area (Å²) in [6, 6.07) is 0.0608. The number of aliphatic carboxylic acids is 1. The molecule has 116 valence electrons. The zero-order valence-electron chi connectivity index (χ0n) is 13.0. The van der Waals surface area contributed by atoms with Gasteiger partial charge < -0.3 is 14.9 Å². The summed E-state index contributed by atoms with van der Waals surface area (Å²) < 4.78 is 0. The van der Waals surface area contributed by atoms with E-state index in [1.54, 1.807) is 4.90 Å². The van der Waals surface area contributed by atoms with Gasteiger partial charge >= 0.3 is 12.0 Å². The van der Waals surface area contributed by atoms with Gasteiger partial charge in [0, 0.05) is 25.2 Å². The normalized spacial score (nSPS) is 17.6. The average molecular weight is 284 g/mol. The van der Waals surface area contributed by atoms with Crippen LogP contribution < -0.4 is 0 Å². The molecule has 0 aromatic carbocycles. The van der Waals surface area contributed by atoms with Gasteiger partial charge in [0.2, 0.25) is 0 Å². The third-order valence-corrected chi connectivity index (χ3v) is 4.19. The van der Waals surface area contributed by atoms with Gasteiger partial charge in [-0.05, 0) is 33.6 Å². The number of carboxylic acid groups (broad SMARTS) is 1. The van der Waals surface area contributed by atoms with Gasteiger partial charge in [-0.15, -0.1) is 0 Å². The second kappa shape index (κ2) is 8.12. The number of carboxylic acids is 1. The van der Waals surface area contributed by atoms with Crippen LogP contribution in [0.5, 0.6) is 0 Å². The SMILES string of the molecule is CCN(C(=O)N(CC)C1CCCCC1)C(C)CC(=O)O. The van der Waals surface area contributed by atoms with Crippen LogP contribution in [0.1, 0.15) is 59.3 Å². The molecular weight excluding hydrogens is 256 g/mol. The lowest BCUT2D eigenvalue weighted by Crippen LogP contribution is -2.51. The Hall–Kier alpha value is -1.26. The minimum Gasteiger partial charge on any atom is -0.481 e. The predicted molar refractivity (Wildman–Crippen MR) is 78.7 cm³/mol. The molecule has 0 saturated heterocycles. The van der Waals surface area contributed by atoms with Crippen molar-refractivity contribution in [2.45, 2.75) is 71.4 Å². The fourth-order valence-corrected chi connectivity index (χ4v) is 3.11. The predicted octanol–water partition coefficient (Wildman–Crippen LogP) is 2.95. The lowest BCUT2D eigenvalue weighted by Gasteiger charge is -2.39. The van der Waals surface area contributed by atoms with Gasteiger partial charge in [0.25, 0.3) is 0 Å².